The van der Waals surface area contributed by atoms with Crippen molar-refractivity contribution < 1.29 is 4.79 Å². The molecule has 1 amide bonds. The van der Waals surface area contributed by atoms with Crippen molar-refractivity contribution in [2.75, 3.05) is 5.43 Å². The smallest absolute Gasteiger partial charge is 0.245 e. The Morgan fingerprint density at radius 3 is 2.38 bits per heavy atom. The van der Waals surface area contributed by atoms with Gasteiger partial charge in [-0.1, -0.05) is 54.6 Å². The van der Waals surface area contributed by atoms with Crippen molar-refractivity contribution in [2.24, 2.45) is 0 Å². The minimum atomic E-state index is -0.115. The summed E-state index contributed by atoms with van der Waals surface area (Å²) in [6, 6.07) is 26.0. The highest BCUT2D eigenvalue weighted by Gasteiger charge is 2.10. The van der Waals surface area contributed by atoms with Crippen LogP contribution < -0.4 is 10.9 Å². The predicted octanol–water partition coefficient (Wildman–Crippen LogP) is 4.65. The van der Waals surface area contributed by atoms with Crippen LogP contribution in [0.15, 0.2) is 78.9 Å². The highest BCUT2D eigenvalue weighted by atomic mass is 32.1. The van der Waals surface area contributed by atoms with E-state index >= 15 is 0 Å². The molecule has 0 saturated heterocycles. The molecule has 0 aliphatic heterocycles. The van der Waals surface area contributed by atoms with Gasteiger partial charge in [0.1, 0.15) is 5.01 Å². The minimum Gasteiger partial charge on any atom is -0.299 e. The summed E-state index contributed by atoms with van der Waals surface area (Å²) in [5.74, 6) is -0.115. The van der Waals surface area contributed by atoms with Gasteiger partial charge in [-0.3, -0.25) is 15.6 Å². The molecule has 1 heterocycles. The standard InChI is InChI=1S/C21H17N3OS/c25-20(24-23-17-9-5-2-6-10-17)14-21-22-18-12-11-16(13-19(18)26-21)15-7-3-1-4-8-15/h1-13,23H,14H2,(H,24,25). The van der Waals surface area contributed by atoms with Crippen LogP contribution in [-0.4, -0.2) is 10.9 Å². The van der Waals surface area contributed by atoms with E-state index in [0.717, 1.165) is 26.5 Å². The molecule has 2 N–H and O–H groups in total. The lowest BCUT2D eigenvalue weighted by molar-refractivity contribution is -0.119. The first kappa shape index (κ1) is 16.3. The molecule has 0 fully saturated rings. The van der Waals surface area contributed by atoms with Gasteiger partial charge >= 0.3 is 0 Å². The van der Waals surface area contributed by atoms with Crippen LogP contribution in [0.1, 0.15) is 5.01 Å². The number of fused-ring (bicyclic) bond motifs is 1. The van der Waals surface area contributed by atoms with Crippen LogP contribution in [0.4, 0.5) is 5.69 Å². The number of nitrogens with zero attached hydrogens (tertiary/aromatic N) is 1. The number of hydrogen-bond donors (Lipinski definition) is 2. The van der Waals surface area contributed by atoms with Crippen molar-refractivity contribution in [3.63, 3.8) is 0 Å². The molecular formula is C21H17N3OS. The van der Waals surface area contributed by atoms with Gasteiger partial charge in [-0.05, 0) is 35.4 Å². The monoisotopic (exact) mass is 359 g/mol. The lowest BCUT2D eigenvalue weighted by Gasteiger charge is -2.06. The molecule has 0 saturated carbocycles. The van der Waals surface area contributed by atoms with E-state index in [9.17, 15) is 4.79 Å². The molecule has 4 rings (SSSR count). The van der Waals surface area contributed by atoms with Gasteiger partial charge < -0.3 is 0 Å². The predicted molar refractivity (Wildman–Crippen MR) is 107 cm³/mol. The molecule has 26 heavy (non-hydrogen) atoms. The van der Waals surface area contributed by atoms with Crippen molar-refractivity contribution in [3.8, 4) is 11.1 Å². The third-order valence-corrected chi connectivity index (χ3v) is 4.99. The summed E-state index contributed by atoms with van der Waals surface area (Å²) in [4.78, 5) is 16.7. The molecular weight excluding hydrogens is 342 g/mol. The molecule has 128 valence electrons. The average Bonchev–Trinajstić information content (AvgIpc) is 3.09. The maximum absolute atomic E-state index is 12.1. The van der Waals surface area contributed by atoms with Crippen LogP contribution in [0.3, 0.4) is 0 Å². The summed E-state index contributed by atoms with van der Waals surface area (Å²) in [6.45, 7) is 0. The van der Waals surface area contributed by atoms with Gasteiger partial charge in [-0.2, -0.15) is 0 Å². The van der Waals surface area contributed by atoms with E-state index in [1.165, 1.54) is 5.56 Å². The Labute approximate surface area is 155 Å². The molecule has 0 atom stereocenters. The van der Waals surface area contributed by atoms with E-state index in [0.29, 0.717) is 0 Å². The first-order chi connectivity index (χ1) is 12.8. The van der Waals surface area contributed by atoms with Crippen LogP contribution in [-0.2, 0) is 11.2 Å². The minimum absolute atomic E-state index is 0.115. The molecule has 5 heteroatoms. The zero-order valence-electron chi connectivity index (χ0n) is 14.0. The molecule has 0 bridgehead atoms. The fourth-order valence-corrected chi connectivity index (χ4v) is 3.71. The van der Waals surface area contributed by atoms with Crippen LogP contribution >= 0.6 is 11.3 Å². The zero-order chi connectivity index (χ0) is 17.8. The quantitative estimate of drug-likeness (QED) is 0.510. The largest absolute Gasteiger partial charge is 0.299 e. The molecule has 3 aromatic carbocycles. The van der Waals surface area contributed by atoms with E-state index in [2.05, 4.69) is 40.1 Å². The number of anilines is 1. The number of thiazole rings is 1. The van der Waals surface area contributed by atoms with E-state index in [-0.39, 0.29) is 12.3 Å². The molecule has 4 nitrogen and oxygen atoms in total. The van der Waals surface area contributed by atoms with Crippen LogP contribution in [0.2, 0.25) is 0 Å². The molecule has 0 radical (unpaired) electrons. The maximum Gasteiger partial charge on any atom is 0.245 e. The van der Waals surface area contributed by atoms with Crippen molar-refractivity contribution in [2.45, 2.75) is 6.42 Å². The van der Waals surface area contributed by atoms with Gasteiger partial charge in [0.25, 0.3) is 0 Å². The van der Waals surface area contributed by atoms with Gasteiger partial charge in [0, 0.05) is 0 Å². The highest BCUT2D eigenvalue weighted by molar-refractivity contribution is 7.18. The average molecular weight is 359 g/mol. The maximum atomic E-state index is 12.1. The highest BCUT2D eigenvalue weighted by Crippen LogP contribution is 2.28. The van der Waals surface area contributed by atoms with Gasteiger partial charge in [-0.25, -0.2) is 4.98 Å². The number of rotatable bonds is 5. The number of hydrogen-bond acceptors (Lipinski definition) is 4. The van der Waals surface area contributed by atoms with Gasteiger partial charge in [0.15, 0.2) is 0 Å². The Hall–Kier alpha value is -3.18. The Kier molecular flexibility index (Phi) is 4.62. The summed E-state index contributed by atoms with van der Waals surface area (Å²) in [5.41, 5.74) is 9.71. The molecule has 1 aromatic heterocycles. The van der Waals surface area contributed by atoms with E-state index < -0.39 is 0 Å². The number of amides is 1. The SMILES string of the molecule is O=C(Cc1nc2ccc(-c3ccccc3)cc2s1)NNc1ccccc1. The molecule has 0 aliphatic carbocycles. The second-order valence-electron chi connectivity index (χ2n) is 5.87. The van der Waals surface area contributed by atoms with E-state index in [4.69, 9.17) is 0 Å². The summed E-state index contributed by atoms with van der Waals surface area (Å²) in [5, 5.41) is 0.803. The van der Waals surface area contributed by atoms with Crippen molar-refractivity contribution >= 4 is 33.1 Å². The Balaban J connectivity index is 1.46. The fraction of sp³-hybridized carbons (Fsp3) is 0.0476. The molecule has 4 aromatic rings. The summed E-state index contributed by atoms with van der Waals surface area (Å²) in [6.07, 6.45) is 0.250. The summed E-state index contributed by atoms with van der Waals surface area (Å²) >= 11 is 1.56. The van der Waals surface area contributed by atoms with Gasteiger partial charge in [0.2, 0.25) is 5.91 Å². The van der Waals surface area contributed by atoms with E-state index in [1.54, 1.807) is 11.3 Å². The van der Waals surface area contributed by atoms with Crippen LogP contribution in [0.5, 0.6) is 0 Å². The number of benzene rings is 3. The van der Waals surface area contributed by atoms with Crippen LogP contribution in [0, 0.1) is 0 Å². The topological polar surface area (TPSA) is 54.0 Å². The number of hydrazine groups is 1. The summed E-state index contributed by atoms with van der Waals surface area (Å²) < 4.78 is 1.09. The van der Waals surface area contributed by atoms with Crippen molar-refractivity contribution in [3.05, 3.63) is 83.9 Å². The number of carbonyl (C=O) groups excluding carboxylic acids is 1. The first-order valence-corrected chi connectivity index (χ1v) is 9.14. The lowest BCUT2D eigenvalue weighted by Crippen LogP contribution is -2.30. The van der Waals surface area contributed by atoms with E-state index in [1.807, 2.05) is 54.6 Å². The van der Waals surface area contributed by atoms with Gasteiger partial charge in [-0.15, -0.1) is 11.3 Å². The number of para-hydroxylation sites is 1. The molecule has 0 spiro atoms. The molecule has 0 aliphatic rings. The Morgan fingerprint density at radius 1 is 0.885 bits per heavy atom. The number of aromatic nitrogens is 1. The van der Waals surface area contributed by atoms with Crippen molar-refractivity contribution in [1.29, 1.82) is 0 Å². The number of carbonyl (C=O) groups is 1. The zero-order valence-corrected chi connectivity index (χ0v) is 14.8. The van der Waals surface area contributed by atoms with Crippen molar-refractivity contribution in [1.82, 2.24) is 10.4 Å². The summed E-state index contributed by atoms with van der Waals surface area (Å²) in [7, 11) is 0. The lowest BCUT2D eigenvalue weighted by atomic mass is 10.1. The first-order valence-electron chi connectivity index (χ1n) is 8.33. The molecule has 0 unspecified atom stereocenters. The number of nitrogens with one attached hydrogen (secondary N) is 2. The third-order valence-electron chi connectivity index (χ3n) is 3.97. The normalized spacial score (nSPS) is 10.6. The second kappa shape index (κ2) is 7.37. The Morgan fingerprint density at radius 2 is 1.62 bits per heavy atom. The second-order valence-corrected chi connectivity index (χ2v) is 6.99. The fourth-order valence-electron chi connectivity index (χ4n) is 2.70. The van der Waals surface area contributed by atoms with Gasteiger partial charge in [0.05, 0.1) is 22.3 Å². The third kappa shape index (κ3) is 3.73. The Bertz CT molecular complexity index is 1030. The van der Waals surface area contributed by atoms with Crippen LogP contribution in [0.25, 0.3) is 21.3 Å².